The summed E-state index contributed by atoms with van der Waals surface area (Å²) in [4.78, 5) is 0. The minimum atomic E-state index is 0.311. The zero-order chi connectivity index (χ0) is 13.5. The Kier molecular flexibility index (Phi) is 5.26. The fraction of sp³-hybridized carbons (Fsp3) is 0.500. The van der Waals surface area contributed by atoms with Crippen molar-refractivity contribution in [3.63, 3.8) is 0 Å². The van der Waals surface area contributed by atoms with Crippen LogP contribution in [0.15, 0.2) is 24.3 Å². The molecular weight excluding hydrogens is 238 g/mol. The first-order valence-electron chi connectivity index (χ1n) is 6.81. The van der Waals surface area contributed by atoms with E-state index in [2.05, 4.69) is 30.3 Å². The maximum Gasteiger partial charge on any atom is 0.148 e. The number of hydrogen-bond acceptors (Lipinski definition) is 3. The molecule has 0 bridgehead atoms. The third-order valence-corrected chi connectivity index (χ3v) is 3.38. The molecule has 3 nitrogen and oxygen atoms in total. The molecule has 19 heavy (non-hydrogen) atoms. The van der Waals surface area contributed by atoms with Crippen LogP contribution >= 0.6 is 0 Å². The van der Waals surface area contributed by atoms with Crippen LogP contribution in [-0.2, 0) is 4.74 Å². The van der Waals surface area contributed by atoms with Crippen molar-refractivity contribution in [3.8, 4) is 18.1 Å². The third-order valence-electron chi connectivity index (χ3n) is 3.38. The highest BCUT2D eigenvalue weighted by Gasteiger charge is 2.16. The van der Waals surface area contributed by atoms with Gasteiger partial charge in [-0.05, 0) is 37.5 Å². The van der Waals surface area contributed by atoms with Gasteiger partial charge in [-0.3, -0.25) is 0 Å². The lowest BCUT2D eigenvalue weighted by Gasteiger charge is -2.17. The Hall–Kier alpha value is -1.50. The molecule has 0 spiro atoms. The molecule has 1 aliphatic rings. The van der Waals surface area contributed by atoms with Crippen molar-refractivity contribution in [2.24, 2.45) is 0 Å². The molecule has 0 saturated carbocycles. The molecule has 1 saturated heterocycles. The summed E-state index contributed by atoms with van der Waals surface area (Å²) in [6.45, 7) is 4.29. The second-order valence-electron chi connectivity index (χ2n) is 4.83. The highest BCUT2D eigenvalue weighted by molar-refractivity contribution is 5.29. The van der Waals surface area contributed by atoms with Gasteiger partial charge in [0.25, 0.3) is 0 Å². The topological polar surface area (TPSA) is 30.5 Å². The van der Waals surface area contributed by atoms with Crippen LogP contribution in [0.25, 0.3) is 0 Å². The summed E-state index contributed by atoms with van der Waals surface area (Å²) in [5.41, 5.74) is 1.24. The molecule has 102 valence electrons. The van der Waals surface area contributed by atoms with Crippen LogP contribution < -0.4 is 10.1 Å². The van der Waals surface area contributed by atoms with Gasteiger partial charge >= 0.3 is 0 Å². The van der Waals surface area contributed by atoms with E-state index in [1.54, 1.807) is 0 Å². The van der Waals surface area contributed by atoms with Gasteiger partial charge in [0.2, 0.25) is 0 Å². The van der Waals surface area contributed by atoms with E-state index in [0.717, 1.165) is 18.9 Å². The normalized spacial score (nSPS) is 19.9. The fourth-order valence-electron chi connectivity index (χ4n) is 2.21. The quantitative estimate of drug-likeness (QED) is 0.796. The van der Waals surface area contributed by atoms with E-state index in [9.17, 15) is 0 Å². The van der Waals surface area contributed by atoms with Gasteiger partial charge < -0.3 is 14.8 Å². The van der Waals surface area contributed by atoms with Crippen LogP contribution in [0.1, 0.15) is 31.4 Å². The summed E-state index contributed by atoms with van der Waals surface area (Å²) in [6.07, 6.45) is 7.88. The number of hydrogen-bond donors (Lipinski definition) is 1. The summed E-state index contributed by atoms with van der Waals surface area (Å²) in [5.74, 6) is 3.27. The van der Waals surface area contributed by atoms with Gasteiger partial charge in [-0.2, -0.15) is 0 Å². The standard InChI is InChI=1S/C16H21NO2/c1-3-10-18-15-8-6-14(7-9-15)13(2)17-12-16-5-4-11-19-16/h1,6-9,13,16-17H,4-5,10-12H2,2H3/t13-,16-/m1/s1. The lowest BCUT2D eigenvalue weighted by atomic mass is 10.1. The zero-order valence-corrected chi connectivity index (χ0v) is 11.4. The first-order chi connectivity index (χ1) is 9.29. The molecular formula is C16H21NO2. The van der Waals surface area contributed by atoms with Gasteiger partial charge in [-0.1, -0.05) is 18.1 Å². The number of nitrogens with one attached hydrogen (secondary N) is 1. The van der Waals surface area contributed by atoms with E-state index in [4.69, 9.17) is 15.9 Å². The van der Waals surface area contributed by atoms with Crippen molar-refractivity contribution in [2.75, 3.05) is 19.8 Å². The van der Waals surface area contributed by atoms with Crippen LogP contribution in [0.4, 0.5) is 0 Å². The summed E-state index contributed by atoms with van der Waals surface area (Å²) in [6, 6.07) is 8.36. The Morgan fingerprint density at radius 2 is 2.26 bits per heavy atom. The van der Waals surface area contributed by atoms with Crippen molar-refractivity contribution in [1.82, 2.24) is 5.32 Å². The Bertz CT molecular complexity index is 415. The van der Waals surface area contributed by atoms with Crippen LogP contribution in [0.5, 0.6) is 5.75 Å². The van der Waals surface area contributed by atoms with E-state index >= 15 is 0 Å². The first kappa shape index (κ1) is 13.9. The molecule has 1 heterocycles. The molecule has 0 amide bonds. The summed E-state index contributed by atoms with van der Waals surface area (Å²) in [7, 11) is 0. The number of ether oxygens (including phenoxy) is 2. The van der Waals surface area contributed by atoms with Gasteiger partial charge in [0.1, 0.15) is 12.4 Å². The minimum absolute atomic E-state index is 0.311. The minimum Gasteiger partial charge on any atom is -0.481 e. The largest absolute Gasteiger partial charge is 0.481 e. The fourth-order valence-corrected chi connectivity index (χ4v) is 2.21. The van der Waals surface area contributed by atoms with Crippen LogP contribution in [-0.4, -0.2) is 25.9 Å². The van der Waals surface area contributed by atoms with E-state index in [1.807, 2.05) is 12.1 Å². The smallest absolute Gasteiger partial charge is 0.148 e. The van der Waals surface area contributed by atoms with E-state index < -0.39 is 0 Å². The number of rotatable bonds is 6. The highest BCUT2D eigenvalue weighted by atomic mass is 16.5. The first-order valence-corrected chi connectivity index (χ1v) is 6.81. The predicted octanol–water partition coefficient (Wildman–Crippen LogP) is 2.53. The second-order valence-corrected chi connectivity index (χ2v) is 4.83. The molecule has 1 aliphatic heterocycles. The maximum atomic E-state index is 5.60. The number of terminal acetylenes is 1. The van der Waals surface area contributed by atoms with E-state index in [-0.39, 0.29) is 0 Å². The predicted molar refractivity (Wildman–Crippen MR) is 76.2 cm³/mol. The summed E-state index contributed by atoms with van der Waals surface area (Å²) in [5, 5.41) is 3.51. The zero-order valence-electron chi connectivity index (χ0n) is 11.4. The number of benzene rings is 1. The summed E-state index contributed by atoms with van der Waals surface area (Å²) < 4.78 is 11.0. The van der Waals surface area contributed by atoms with Crippen molar-refractivity contribution in [1.29, 1.82) is 0 Å². The summed E-state index contributed by atoms with van der Waals surface area (Å²) >= 11 is 0. The average molecular weight is 259 g/mol. The SMILES string of the molecule is C#CCOc1ccc([C@@H](C)NC[C@H]2CCCO2)cc1. The van der Waals surface area contributed by atoms with Crippen LogP contribution in [0.2, 0.25) is 0 Å². The van der Waals surface area contributed by atoms with E-state index in [0.29, 0.717) is 18.8 Å². The maximum absolute atomic E-state index is 5.60. The van der Waals surface area contributed by atoms with Gasteiger partial charge in [-0.15, -0.1) is 6.42 Å². The molecule has 2 rings (SSSR count). The van der Waals surface area contributed by atoms with Crippen LogP contribution in [0, 0.1) is 12.3 Å². The highest BCUT2D eigenvalue weighted by Crippen LogP contribution is 2.18. The molecule has 2 atom stereocenters. The lowest BCUT2D eigenvalue weighted by molar-refractivity contribution is 0.108. The van der Waals surface area contributed by atoms with Crippen molar-refractivity contribution in [3.05, 3.63) is 29.8 Å². The molecule has 1 N–H and O–H groups in total. The molecule has 1 fully saturated rings. The van der Waals surface area contributed by atoms with Gasteiger partial charge in [0.15, 0.2) is 0 Å². The van der Waals surface area contributed by atoms with Crippen molar-refractivity contribution in [2.45, 2.75) is 31.9 Å². The van der Waals surface area contributed by atoms with Gasteiger partial charge in [-0.25, -0.2) is 0 Å². The molecule has 1 aromatic rings. The average Bonchev–Trinajstić information content (AvgIpc) is 2.96. The van der Waals surface area contributed by atoms with E-state index in [1.165, 1.54) is 18.4 Å². The second kappa shape index (κ2) is 7.18. The van der Waals surface area contributed by atoms with Gasteiger partial charge in [0, 0.05) is 19.2 Å². The lowest BCUT2D eigenvalue weighted by Crippen LogP contribution is -2.28. The molecule has 0 unspecified atom stereocenters. The third kappa shape index (κ3) is 4.27. The van der Waals surface area contributed by atoms with Crippen molar-refractivity contribution >= 4 is 0 Å². The molecule has 3 heteroatoms. The Balaban J connectivity index is 1.81. The van der Waals surface area contributed by atoms with Crippen molar-refractivity contribution < 1.29 is 9.47 Å². The molecule has 0 aromatic heterocycles. The molecule has 0 aliphatic carbocycles. The Morgan fingerprint density at radius 1 is 1.47 bits per heavy atom. The molecule has 0 radical (unpaired) electrons. The Morgan fingerprint density at radius 3 is 2.89 bits per heavy atom. The Labute approximate surface area is 115 Å². The van der Waals surface area contributed by atoms with Gasteiger partial charge in [0.05, 0.1) is 6.10 Å². The monoisotopic (exact) mass is 259 g/mol. The molecule has 1 aromatic carbocycles. The van der Waals surface area contributed by atoms with Crippen LogP contribution in [0.3, 0.4) is 0 Å².